The lowest BCUT2D eigenvalue weighted by Gasteiger charge is -2.13. The number of imide groups is 1. The summed E-state index contributed by atoms with van der Waals surface area (Å²) in [6.45, 7) is 1.70. The molecule has 1 saturated heterocycles. The smallest absolute Gasteiger partial charge is 0.294 e. The number of nitrogens with one attached hydrogen (secondary N) is 1. The van der Waals surface area contributed by atoms with Crippen molar-refractivity contribution in [2.45, 2.75) is 13.5 Å². The predicted molar refractivity (Wildman–Crippen MR) is 136 cm³/mol. The van der Waals surface area contributed by atoms with Crippen LogP contribution in [0, 0.1) is 12.7 Å². The third-order valence-corrected chi connectivity index (χ3v) is 6.19. The number of hydrogen-bond donors (Lipinski definition) is 1. The number of carbonyl (C=O) groups is 3. The number of nitrogens with zero attached hydrogens (tertiary/aromatic N) is 1. The summed E-state index contributed by atoms with van der Waals surface area (Å²) in [6.07, 6.45) is 1.56. The summed E-state index contributed by atoms with van der Waals surface area (Å²) in [5, 5.41) is 2.16. The largest absolute Gasteiger partial charge is 0.493 e. The van der Waals surface area contributed by atoms with Crippen LogP contribution in [-0.4, -0.2) is 35.6 Å². The van der Waals surface area contributed by atoms with E-state index in [1.165, 1.54) is 19.2 Å². The molecule has 184 valence electrons. The second-order valence-corrected chi connectivity index (χ2v) is 9.00. The van der Waals surface area contributed by atoms with Crippen molar-refractivity contribution in [3.8, 4) is 11.5 Å². The Labute approximate surface area is 211 Å². The molecule has 1 aliphatic heterocycles. The third-order valence-electron chi connectivity index (χ3n) is 5.28. The van der Waals surface area contributed by atoms with E-state index in [0.29, 0.717) is 28.3 Å². The highest BCUT2D eigenvalue weighted by molar-refractivity contribution is 8.18. The van der Waals surface area contributed by atoms with Gasteiger partial charge in [0.05, 0.1) is 12.0 Å². The lowest BCUT2D eigenvalue weighted by Crippen LogP contribution is -2.36. The second kappa shape index (κ2) is 11.1. The van der Waals surface area contributed by atoms with Crippen LogP contribution in [0.25, 0.3) is 6.08 Å². The minimum Gasteiger partial charge on any atom is -0.493 e. The maximum atomic E-state index is 13.4. The third kappa shape index (κ3) is 6.11. The molecule has 3 aromatic rings. The number of amides is 3. The molecule has 1 heterocycles. The van der Waals surface area contributed by atoms with Gasteiger partial charge in [0.2, 0.25) is 5.91 Å². The van der Waals surface area contributed by atoms with E-state index in [2.05, 4.69) is 5.32 Å². The van der Waals surface area contributed by atoms with Crippen LogP contribution in [0.2, 0.25) is 0 Å². The minimum atomic E-state index is -0.547. The number of ether oxygens (including phenoxy) is 2. The molecule has 0 aliphatic carbocycles. The molecular formula is C27H23FN2O5S. The number of rotatable bonds is 8. The SMILES string of the molecule is COc1cc(C=C2SC(=O)N(CC(=O)Nc3ccc(C)cc3)C2=O)ccc1OCc1cccc(F)c1. The molecule has 3 aromatic carbocycles. The number of methoxy groups -OCH3 is 1. The second-order valence-electron chi connectivity index (χ2n) is 8.01. The molecule has 0 bridgehead atoms. The maximum Gasteiger partial charge on any atom is 0.294 e. The number of carbonyl (C=O) groups excluding carboxylic acids is 3. The molecule has 4 rings (SSSR count). The molecular weight excluding hydrogens is 483 g/mol. The maximum absolute atomic E-state index is 13.4. The lowest BCUT2D eigenvalue weighted by atomic mass is 10.1. The van der Waals surface area contributed by atoms with Gasteiger partial charge in [0, 0.05) is 5.69 Å². The highest BCUT2D eigenvalue weighted by atomic mass is 32.2. The van der Waals surface area contributed by atoms with Crippen LogP contribution in [0.3, 0.4) is 0 Å². The fourth-order valence-corrected chi connectivity index (χ4v) is 4.29. The average molecular weight is 507 g/mol. The van der Waals surface area contributed by atoms with Gasteiger partial charge in [-0.15, -0.1) is 0 Å². The molecule has 0 saturated carbocycles. The Morgan fingerprint density at radius 1 is 1.06 bits per heavy atom. The summed E-state index contributed by atoms with van der Waals surface area (Å²) in [5.41, 5.74) is 2.91. The van der Waals surface area contributed by atoms with Crippen LogP contribution in [0.15, 0.2) is 71.6 Å². The van der Waals surface area contributed by atoms with Crippen LogP contribution in [-0.2, 0) is 16.2 Å². The van der Waals surface area contributed by atoms with E-state index in [9.17, 15) is 18.8 Å². The molecule has 1 aliphatic rings. The van der Waals surface area contributed by atoms with Crippen molar-refractivity contribution in [1.29, 1.82) is 0 Å². The summed E-state index contributed by atoms with van der Waals surface area (Å²) in [5.74, 6) is -0.505. The number of anilines is 1. The fraction of sp³-hybridized carbons (Fsp3) is 0.148. The summed E-state index contributed by atoms with van der Waals surface area (Å²) in [7, 11) is 1.48. The van der Waals surface area contributed by atoms with Crippen molar-refractivity contribution in [2.75, 3.05) is 19.0 Å². The van der Waals surface area contributed by atoms with Gasteiger partial charge in [0.25, 0.3) is 11.1 Å². The van der Waals surface area contributed by atoms with Crippen LogP contribution in [0.4, 0.5) is 14.9 Å². The Balaban J connectivity index is 1.42. The van der Waals surface area contributed by atoms with Crippen molar-refractivity contribution in [3.63, 3.8) is 0 Å². The number of thioether (sulfide) groups is 1. The molecule has 36 heavy (non-hydrogen) atoms. The van der Waals surface area contributed by atoms with E-state index in [0.717, 1.165) is 22.2 Å². The van der Waals surface area contributed by atoms with E-state index in [4.69, 9.17) is 9.47 Å². The quantitative estimate of drug-likeness (QED) is 0.412. The molecule has 0 radical (unpaired) electrons. The number of halogens is 1. The van der Waals surface area contributed by atoms with Crippen molar-refractivity contribution in [2.24, 2.45) is 0 Å². The highest BCUT2D eigenvalue weighted by Gasteiger charge is 2.36. The number of benzene rings is 3. The van der Waals surface area contributed by atoms with Crippen LogP contribution in [0.1, 0.15) is 16.7 Å². The summed E-state index contributed by atoms with van der Waals surface area (Å²) >= 11 is 0.764. The Kier molecular flexibility index (Phi) is 7.70. The van der Waals surface area contributed by atoms with E-state index in [-0.39, 0.29) is 23.9 Å². The Bertz CT molecular complexity index is 1340. The first-order valence-corrected chi connectivity index (χ1v) is 11.8. The normalized spacial score (nSPS) is 14.3. The van der Waals surface area contributed by atoms with Gasteiger partial charge in [-0.2, -0.15) is 0 Å². The average Bonchev–Trinajstić information content (AvgIpc) is 3.11. The van der Waals surface area contributed by atoms with Gasteiger partial charge in [-0.1, -0.05) is 35.9 Å². The van der Waals surface area contributed by atoms with Crippen molar-refractivity contribution < 1.29 is 28.2 Å². The molecule has 1 fully saturated rings. The highest BCUT2D eigenvalue weighted by Crippen LogP contribution is 2.34. The Morgan fingerprint density at radius 2 is 1.83 bits per heavy atom. The van der Waals surface area contributed by atoms with Gasteiger partial charge in [-0.3, -0.25) is 19.3 Å². The summed E-state index contributed by atoms with van der Waals surface area (Å²) < 4.78 is 24.5. The fourth-order valence-electron chi connectivity index (χ4n) is 3.45. The number of aryl methyl sites for hydroxylation is 1. The zero-order valence-corrected chi connectivity index (χ0v) is 20.4. The van der Waals surface area contributed by atoms with Gasteiger partial charge in [0.15, 0.2) is 11.5 Å². The topological polar surface area (TPSA) is 84.9 Å². The molecule has 0 unspecified atom stereocenters. The van der Waals surface area contributed by atoms with Crippen molar-refractivity contribution >= 4 is 40.6 Å². The van der Waals surface area contributed by atoms with Crippen molar-refractivity contribution in [3.05, 3.63) is 94.1 Å². The minimum absolute atomic E-state index is 0.150. The first kappa shape index (κ1) is 25.0. The molecule has 0 aromatic heterocycles. The van der Waals surface area contributed by atoms with E-state index in [1.54, 1.807) is 48.5 Å². The Hall–Kier alpha value is -4.11. The predicted octanol–water partition coefficient (Wildman–Crippen LogP) is 5.40. The van der Waals surface area contributed by atoms with Gasteiger partial charge < -0.3 is 14.8 Å². The monoisotopic (exact) mass is 506 g/mol. The first-order valence-electron chi connectivity index (χ1n) is 11.0. The standard InChI is InChI=1S/C27H23FN2O5S/c1-17-6-9-21(10-7-17)29-25(31)15-30-26(32)24(36-27(30)33)14-18-8-11-22(23(13-18)34-2)35-16-19-4-3-5-20(28)12-19/h3-14H,15-16H2,1-2H3,(H,29,31). The van der Waals surface area contributed by atoms with E-state index < -0.39 is 17.1 Å². The van der Waals surface area contributed by atoms with Crippen molar-refractivity contribution in [1.82, 2.24) is 4.90 Å². The molecule has 0 atom stereocenters. The van der Waals surface area contributed by atoms with Crippen LogP contribution >= 0.6 is 11.8 Å². The zero-order chi connectivity index (χ0) is 25.7. The zero-order valence-electron chi connectivity index (χ0n) is 19.6. The Morgan fingerprint density at radius 3 is 2.56 bits per heavy atom. The molecule has 9 heteroatoms. The van der Waals surface area contributed by atoms with E-state index >= 15 is 0 Å². The van der Waals surface area contributed by atoms with Crippen LogP contribution < -0.4 is 14.8 Å². The van der Waals surface area contributed by atoms with Gasteiger partial charge >= 0.3 is 0 Å². The molecule has 0 spiro atoms. The number of hydrogen-bond acceptors (Lipinski definition) is 6. The molecule has 3 amide bonds. The summed E-state index contributed by atoms with van der Waals surface area (Å²) in [4.78, 5) is 38.7. The van der Waals surface area contributed by atoms with Gasteiger partial charge in [-0.25, -0.2) is 4.39 Å². The molecule has 7 nitrogen and oxygen atoms in total. The summed E-state index contributed by atoms with van der Waals surface area (Å²) in [6, 6.07) is 18.3. The first-order chi connectivity index (χ1) is 17.3. The lowest BCUT2D eigenvalue weighted by molar-refractivity contribution is -0.127. The van der Waals surface area contributed by atoms with Gasteiger partial charge in [0.1, 0.15) is 19.0 Å². The van der Waals surface area contributed by atoms with Crippen LogP contribution in [0.5, 0.6) is 11.5 Å². The van der Waals surface area contributed by atoms with Gasteiger partial charge in [-0.05, 0) is 72.3 Å². The van der Waals surface area contributed by atoms with E-state index in [1.807, 2.05) is 19.1 Å². The molecule has 1 N–H and O–H groups in total.